The van der Waals surface area contributed by atoms with Gasteiger partial charge in [-0.1, -0.05) is 26.8 Å². The zero-order valence-electron chi connectivity index (χ0n) is 18.1. The third-order valence-electron chi connectivity index (χ3n) is 4.45. The van der Waals surface area contributed by atoms with Gasteiger partial charge in [-0.25, -0.2) is 9.98 Å². The van der Waals surface area contributed by atoms with Crippen molar-refractivity contribution in [3.63, 3.8) is 0 Å². The number of amides is 1. The van der Waals surface area contributed by atoms with Gasteiger partial charge in [0, 0.05) is 31.9 Å². The molecular weight excluding hydrogens is 368 g/mol. The normalized spacial score (nSPS) is 11.8. The van der Waals surface area contributed by atoms with Crippen LogP contribution in [0.15, 0.2) is 22.5 Å². The van der Waals surface area contributed by atoms with Crippen LogP contribution in [0.4, 0.5) is 5.69 Å². The number of nitrogens with one attached hydrogen (secondary N) is 1. The van der Waals surface area contributed by atoms with E-state index in [4.69, 9.17) is 0 Å². The molecule has 0 spiro atoms. The fourth-order valence-corrected chi connectivity index (χ4v) is 3.33. The Morgan fingerprint density at radius 2 is 2.00 bits per heavy atom. The highest BCUT2D eigenvalue weighted by molar-refractivity contribution is 7.09. The molecular formula is C22H32N4OS. The fraction of sp³-hybridized carbons (Fsp3) is 0.500. The van der Waals surface area contributed by atoms with Crippen LogP contribution in [-0.2, 0) is 6.42 Å². The monoisotopic (exact) mass is 400 g/mol. The van der Waals surface area contributed by atoms with Crippen molar-refractivity contribution in [1.82, 2.24) is 15.2 Å². The molecule has 0 fully saturated rings. The fourth-order valence-electron chi connectivity index (χ4n) is 2.53. The number of hydrogen-bond donors (Lipinski definition) is 1. The van der Waals surface area contributed by atoms with E-state index in [1.165, 1.54) is 22.5 Å². The maximum atomic E-state index is 12.3. The van der Waals surface area contributed by atoms with Crippen molar-refractivity contribution in [3.05, 3.63) is 44.9 Å². The minimum atomic E-state index is -0.102. The van der Waals surface area contributed by atoms with Gasteiger partial charge in [0.05, 0.1) is 17.0 Å². The average molecular weight is 401 g/mol. The minimum Gasteiger partial charge on any atom is -0.366 e. The molecule has 152 valence electrons. The van der Waals surface area contributed by atoms with Crippen LogP contribution in [0.25, 0.3) is 0 Å². The molecule has 0 bridgehead atoms. The van der Waals surface area contributed by atoms with Crippen molar-refractivity contribution < 1.29 is 4.79 Å². The van der Waals surface area contributed by atoms with E-state index in [1.807, 2.05) is 23.7 Å². The Hall–Kier alpha value is -2.21. The van der Waals surface area contributed by atoms with Crippen LogP contribution in [0.5, 0.6) is 0 Å². The van der Waals surface area contributed by atoms with Gasteiger partial charge >= 0.3 is 0 Å². The third kappa shape index (κ3) is 6.44. The van der Waals surface area contributed by atoms with E-state index in [2.05, 4.69) is 69.0 Å². The highest BCUT2D eigenvalue weighted by atomic mass is 32.1. The van der Waals surface area contributed by atoms with Crippen molar-refractivity contribution in [1.29, 1.82) is 0 Å². The molecule has 0 atom stereocenters. The molecule has 2 rings (SSSR count). The van der Waals surface area contributed by atoms with Crippen molar-refractivity contribution >= 4 is 29.3 Å². The summed E-state index contributed by atoms with van der Waals surface area (Å²) in [6.07, 6.45) is 2.59. The summed E-state index contributed by atoms with van der Waals surface area (Å²) in [7, 11) is 2.01. The van der Waals surface area contributed by atoms with E-state index in [9.17, 15) is 4.79 Å². The van der Waals surface area contributed by atoms with Gasteiger partial charge in [0.2, 0.25) is 0 Å². The van der Waals surface area contributed by atoms with E-state index in [0.29, 0.717) is 12.2 Å². The first-order chi connectivity index (χ1) is 13.1. The number of thiazole rings is 1. The molecule has 1 N–H and O–H groups in total. The van der Waals surface area contributed by atoms with Crippen LogP contribution >= 0.6 is 11.3 Å². The number of nitrogens with zero attached hydrogens (tertiary/aromatic N) is 3. The predicted molar refractivity (Wildman–Crippen MR) is 119 cm³/mol. The Morgan fingerprint density at radius 3 is 2.64 bits per heavy atom. The van der Waals surface area contributed by atoms with Gasteiger partial charge < -0.3 is 10.2 Å². The lowest BCUT2D eigenvalue weighted by Crippen LogP contribution is -2.32. The molecule has 0 radical (unpaired) electrons. The second-order valence-electron chi connectivity index (χ2n) is 8.43. The van der Waals surface area contributed by atoms with Gasteiger partial charge in [-0.3, -0.25) is 4.79 Å². The summed E-state index contributed by atoms with van der Waals surface area (Å²) in [6.45, 7) is 14.1. The van der Waals surface area contributed by atoms with E-state index in [-0.39, 0.29) is 11.3 Å². The van der Waals surface area contributed by atoms with Crippen LogP contribution in [0.1, 0.15) is 59.9 Å². The topological polar surface area (TPSA) is 57.6 Å². The Bertz CT molecular complexity index is 849. The van der Waals surface area contributed by atoms with Crippen molar-refractivity contribution in [2.24, 2.45) is 10.4 Å². The van der Waals surface area contributed by atoms with Gasteiger partial charge in [0.1, 0.15) is 5.69 Å². The van der Waals surface area contributed by atoms with E-state index in [1.54, 1.807) is 0 Å². The van der Waals surface area contributed by atoms with Crippen LogP contribution < -0.4 is 5.32 Å². The van der Waals surface area contributed by atoms with Crippen LogP contribution in [0.2, 0.25) is 0 Å². The van der Waals surface area contributed by atoms with Crippen LogP contribution in [0, 0.1) is 19.3 Å². The molecule has 0 saturated carbocycles. The first kappa shape index (κ1) is 22.1. The number of aryl methyl sites for hydroxylation is 2. The SMILES string of the molecule is CCN(C)/C=N/c1cc(C)c(Cc2nc(C(=O)NCC(C)(C)C)cs2)cc1C. The van der Waals surface area contributed by atoms with E-state index in [0.717, 1.165) is 29.2 Å². The smallest absolute Gasteiger partial charge is 0.270 e. The Kier molecular flexibility index (Phi) is 7.35. The number of carbonyl (C=O) groups excluding carboxylic acids is 1. The predicted octanol–water partition coefficient (Wildman–Crippen LogP) is 4.74. The van der Waals surface area contributed by atoms with Crippen LogP contribution in [0.3, 0.4) is 0 Å². The minimum absolute atomic E-state index is 0.0549. The number of rotatable bonds is 7. The highest BCUT2D eigenvalue weighted by Gasteiger charge is 2.16. The molecule has 0 aliphatic rings. The molecule has 0 saturated heterocycles. The Morgan fingerprint density at radius 1 is 1.29 bits per heavy atom. The molecule has 1 amide bonds. The largest absolute Gasteiger partial charge is 0.366 e. The number of carbonyl (C=O) groups is 1. The first-order valence-electron chi connectivity index (χ1n) is 9.66. The zero-order chi connectivity index (χ0) is 20.9. The van der Waals surface area contributed by atoms with Gasteiger partial charge in [0.25, 0.3) is 5.91 Å². The maximum absolute atomic E-state index is 12.3. The third-order valence-corrected chi connectivity index (χ3v) is 5.30. The summed E-state index contributed by atoms with van der Waals surface area (Å²) >= 11 is 1.53. The maximum Gasteiger partial charge on any atom is 0.270 e. The summed E-state index contributed by atoms with van der Waals surface area (Å²) in [6, 6.07) is 4.30. The lowest BCUT2D eigenvalue weighted by Gasteiger charge is -2.18. The quantitative estimate of drug-likeness (QED) is 0.539. The molecule has 1 aromatic carbocycles. The average Bonchev–Trinajstić information content (AvgIpc) is 3.09. The van der Waals surface area contributed by atoms with Gasteiger partial charge in [-0.2, -0.15) is 0 Å². The molecule has 0 aliphatic carbocycles. The number of aliphatic imine (C=N–C) groups is 1. The summed E-state index contributed by atoms with van der Waals surface area (Å²) in [4.78, 5) is 23.5. The molecule has 2 aromatic rings. The van der Waals surface area contributed by atoms with Crippen molar-refractivity contribution in [3.8, 4) is 0 Å². The first-order valence-corrected chi connectivity index (χ1v) is 10.5. The molecule has 0 aliphatic heterocycles. The van der Waals surface area contributed by atoms with E-state index >= 15 is 0 Å². The molecule has 6 heteroatoms. The number of hydrogen-bond acceptors (Lipinski definition) is 4. The molecule has 0 unspecified atom stereocenters. The Labute approximate surface area is 172 Å². The summed E-state index contributed by atoms with van der Waals surface area (Å²) < 4.78 is 0. The summed E-state index contributed by atoms with van der Waals surface area (Å²) in [5.74, 6) is -0.102. The highest BCUT2D eigenvalue weighted by Crippen LogP contribution is 2.26. The van der Waals surface area contributed by atoms with Gasteiger partial charge in [0.15, 0.2) is 0 Å². The second kappa shape index (κ2) is 9.32. The standard InChI is InChI=1S/C22H32N4OS/c1-8-26(7)14-24-18-10-15(2)17(9-16(18)3)11-20-25-19(12-28-20)21(27)23-13-22(4,5)6/h9-10,12,14H,8,11,13H2,1-7H3,(H,23,27)/b24-14+. The number of aromatic nitrogens is 1. The molecule has 28 heavy (non-hydrogen) atoms. The lowest BCUT2D eigenvalue weighted by atomic mass is 9.97. The Balaban J connectivity index is 2.10. The van der Waals surface area contributed by atoms with E-state index < -0.39 is 0 Å². The van der Waals surface area contributed by atoms with Crippen molar-refractivity contribution in [2.45, 2.75) is 48.0 Å². The molecule has 1 heterocycles. The van der Waals surface area contributed by atoms with Gasteiger partial charge in [-0.05, 0) is 48.9 Å². The van der Waals surface area contributed by atoms with Crippen LogP contribution in [-0.4, -0.2) is 42.3 Å². The zero-order valence-corrected chi connectivity index (χ0v) is 18.9. The van der Waals surface area contributed by atoms with Gasteiger partial charge in [-0.15, -0.1) is 11.3 Å². The molecule has 1 aromatic heterocycles. The molecule has 5 nitrogen and oxygen atoms in total. The summed E-state index contributed by atoms with van der Waals surface area (Å²) in [5, 5.41) is 5.75. The second-order valence-corrected chi connectivity index (χ2v) is 9.37. The number of benzene rings is 1. The summed E-state index contributed by atoms with van der Waals surface area (Å²) in [5.41, 5.74) is 5.09. The van der Waals surface area contributed by atoms with Crippen molar-refractivity contribution in [2.75, 3.05) is 20.1 Å². The lowest BCUT2D eigenvalue weighted by molar-refractivity contribution is 0.0935.